The van der Waals surface area contributed by atoms with Crippen LogP contribution in [-0.4, -0.2) is 45.9 Å². The second-order valence-electron chi connectivity index (χ2n) is 4.12. The van der Waals surface area contributed by atoms with Gasteiger partial charge >= 0.3 is 0 Å². The summed E-state index contributed by atoms with van der Waals surface area (Å²) in [5.74, 6) is -0.222. The molecule has 0 atom stereocenters. The average Bonchev–Trinajstić information content (AvgIpc) is 2.38. The molecule has 0 aliphatic rings. The highest BCUT2D eigenvalue weighted by molar-refractivity contribution is 7.89. The molecule has 8 heteroatoms. The van der Waals surface area contributed by atoms with Crippen LogP contribution in [0.3, 0.4) is 0 Å². The van der Waals surface area contributed by atoms with Gasteiger partial charge in [0.2, 0.25) is 15.9 Å². The molecule has 1 amide bonds. The number of nitrogens with one attached hydrogen (secondary N) is 1. The first-order valence-electron chi connectivity index (χ1n) is 5.99. The maximum Gasteiger partial charge on any atom is 0.246 e. The zero-order valence-corrected chi connectivity index (χ0v) is 12.5. The van der Waals surface area contributed by atoms with Crippen LogP contribution in [0.15, 0.2) is 23.1 Å². The van der Waals surface area contributed by atoms with E-state index in [0.717, 1.165) is 4.31 Å². The van der Waals surface area contributed by atoms with Crippen molar-refractivity contribution < 1.29 is 17.9 Å². The largest absolute Gasteiger partial charge is 0.495 e. The van der Waals surface area contributed by atoms with E-state index in [1.165, 1.54) is 32.4 Å². The van der Waals surface area contributed by atoms with Gasteiger partial charge in [0.15, 0.2) is 0 Å². The normalized spacial score (nSPS) is 11.4. The molecule has 0 spiro atoms. The highest BCUT2D eigenvalue weighted by Crippen LogP contribution is 2.27. The number of carbonyl (C=O) groups is 1. The van der Waals surface area contributed by atoms with E-state index in [0.29, 0.717) is 12.2 Å². The number of rotatable bonds is 6. The molecular formula is C12H19N3O4S. The van der Waals surface area contributed by atoms with Crippen molar-refractivity contribution in [2.45, 2.75) is 11.8 Å². The second-order valence-corrected chi connectivity index (χ2v) is 6.14. The summed E-state index contributed by atoms with van der Waals surface area (Å²) in [6.07, 6.45) is 0. The van der Waals surface area contributed by atoms with Crippen molar-refractivity contribution in [3.8, 4) is 5.75 Å². The maximum atomic E-state index is 12.4. The van der Waals surface area contributed by atoms with Gasteiger partial charge in [-0.05, 0) is 19.1 Å². The molecule has 0 fully saturated rings. The van der Waals surface area contributed by atoms with Crippen LogP contribution < -0.4 is 15.8 Å². The molecular weight excluding hydrogens is 282 g/mol. The van der Waals surface area contributed by atoms with Crippen molar-refractivity contribution in [1.29, 1.82) is 0 Å². The molecule has 1 aromatic rings. The van der Waals surface area contributed by atoms with Crippen LogP contribution in [0.5, 0.6) is 5.75 Å². The predicted molar refractivity (Wildman–Crippen MR) is 75.9 cm³/mol. The van der Waals surface area contributed by atoms with Crippen LogP contribution in [0.2, 0.25) is 0 Å². The Morgan fingerprint density at radius 1 is 1.45 bits per heavy atom. The third kappa shape index (κ3) is 3.61. The number of anilines is 1. The molecule has 0 bridgehead atoms. The molecule has 0 radical (unpaired) electrons. The van der Waals surface area contributed by atoms with Crippen molar-refractivity contribution in [2.75, 3.05) is 33.0 Å². The van der Waals surface area contributed by atoms with Crippen LogP contribution in [0.1, 0.15) is 6.92 Å². The minimum atomic E-state index is -3.82. The first-order chi connectivity index (χ1) is 9.32. The lowest BCUT2D eigenvalue weighted by Gasteiger charge is -2.18. The Kier molecular flexibility index (Phi) is 5.34. The number of benzene rings is 1. The Hall–Kier alpha value is -1.80. The van der Waals surface area contributed by atoms with E-state index in [1.807, 2.05) is 0 Å². The number of carbonyl (C=O) groups excluding carboxylic acids is 1. The van der Waals surface area contributed by atoms with Crippen LogP contribution >= 0.6 is 0 Å². The van der Waals surface area contributed by atoms with E-state index < -0.39 is 10.0 Å². The summed E-state index contributed by atoms with van der Waals surface area (Å²) in [6.45, 7) is 1.94. The summed E-state index contributed by atoms with van der Waals surface area (Å²) < 4.78 is 30.8. The molecule has 0 aromatic heterocycles. The summed E-state index contributed by atoms with van der Waals surface area (Å²) >= 11 is 0. The third-order valence-electron chi connectivity index (χ3n) is 2.62. The number of methoxy groups -OCH3 is 1. The fourth-order valence-corrected chi connectivity index (χ4v) is 2.86. The Labute approximate surface area is 118 Å². The van der Waals surface area contributed by atoms with Crippen molar-refractivity contribution in [2.24, 2.45) is 0 Å². The molecule has 1 aromatic carbocycles. The van der Waals surface area contributed by atoms with E-state index in [1.54, 1.807) is 6.92 Å². The molecule has 0 aliphatic heterocycles. The Morgan fingerprint density at radius 3 is 2.65 bits per heavy atom. The van der Waals surface area contributed by atoms with Crippen molar-refractivity contribution in [1.82, 2.24) is 9.62 Å². The molecule has 3 N–H and O–H groups in total. The topological polar surface area (TPSA) is 102 Å². The lowest BCUT2D eigenvalue weighted by molar-refractivity contribution is -0.121. The molecule has 20 heavy (non-hydrogen) atoms. The van der Waals surface area contributed by atoms with Crippen LogP contribution in [-0.2, 0) is 14.8 Å². The minimum absolute atomic E-state index is 0.0269. The Morgan fingerprint density at radius 2 is 2.10 bits per heavy atom. The van der Waals surface area contributed by atoms with Gasteiger partial charge in [-0.3, -0.25) is 4.79 Å². The first kappa shape index (κ1) is 16.3. The van der Waals surface area contributed by atoms with E-state index in [9.17, 15) is 13.2 Å². The van der Waals surface area contributed by atoms with Crippen molar-refractivity contribution >= 4 is 21.6 Å². The number of amides is 1. The smallest absolute Gasteiger partial charge is 0.246 e. The van der Waals surface area contributed by atoms with Gasteiger partial charge in [0.25, 0.3) is 0 Å². The summed E-state index contributed by atoms with van der Waals surface area (Å²) in [7, 11) is -1.13. The van der Waals surface area contributed by atoms with Crippen LogP contribution in [0, 0.1) is 0 Å². The van der Waals surface area contributed by atoms with Crippen LogP contribution in [0.25, 0.3) is 0 Å². The summed E-state index contributed by atoms with van der Waals surface area (Å²) in [5, 5.41) is 2.54. The van der Waals surface area contributed by atoms with Gasteiger partial charge < -0.3 is 15.8 Å². The number of nitrogen functional groups attached to an aromatic ring is 1. The van der Waals surface area contributed by atoms with Gasteiger partial charge in [0.05, 0.1) is 13.7 Å². The number of nitrogens with two attached hydrogens (primary N) is 1. The quantitative estimate of drug-likeness (QED) is 0.722. The summed E-state index contributed by atoms with van der Waals surface area (Å²) in [4.78, 5) is 11.4. The van der Waals surface area contributed by atoms with Gasteiger partial charge in [-0.2, -0.15) is 4.31 Å². The molecule has 112 valence electrons. The summed E-state index contributed by atoms with van der Waals surface area (Å²) in [5.41, 5.74) is 5.99. The molecule has 0 saturated heterocycles. The third-order valence-corrected chi connectivity index (χ3v) is 4.46. The second kappa shape index (κ2) is 6.58. The fourth-order valence-electron chi connectivity index (χ4n) is 1.61. The van der Waals surface area contributed by atoms with Crippen LogP contribution in [0.4, 0.5) is 5.69 Å². The van der Waals surface area contributed by atoms with Crippen molar-refractivity contribution in [3.05, 3.63) is 18.2 Å². The monoisotopic (exact) mass is 301 g/mol. The Balaban J connectivity index is 3.07. The van der Waals surface area contributed by atoms with E-state index in [4.69, 9.17) is 10.5 Å². The fraction of sp³-hybridized carbons (Fsp3) is 0.417. The van der Waals surface area contributed by atoms with E-state index >= 15 is 0 Å². The minimum Gasteiger partial charge on any atom is -0.495 e. The number of hydrogen-bond acceptors (Lipinski definition) is 5. The first-order valence-corrected chi connectivity index (χ1v) is 7.43. The van der Waals surface area contributed by atoms with Gasteiger partial charge in [-0.15, -0.1) is 0 Å². The molecule has 1 rings (SSSR count). The lowest BCUT2D eigenvalue weighted by Crippen LogP contribution is -2.38. The van der Waals surface area contributed by atoms with E-state index in [2.05, 4.69) is 5.32 Å². The van der Waals surface area contributed by atoms with E-state index in [-0.39, 0.29) is 23.1 Å². The standard InChI is InChI=1S/C12H19N3O4S/c1-4-14-12(16)8-15(2)20(17,18)11-6-5-9(13)7-10(11)19-3/h5-7H,4,8,13H2,1-3H3,(H,14,16). The molecule has 0 aliphatic carbocycles. The van der Waals surface area contributed by atoms with Gasteiger partial charge in [0, 0.05) is 25.3 Å². The SMILES string of the molecule is CCNC(=O)CN(C)S(=O)(=O)c1ccc(N)cc1OC. The summed E-state index contributed by atoms with van der Waals surface area (Å²) in [6, 6.07) is 4.25. The molecule has 0 unspecified atom stereocenters. The highest BCUT2D eigenvalue weighted by atomic mass is 32.2. The number of sulfonamides is 1. The number of likely N-dealkylation sites (N-methyl/N-ethyl adjacent to an activating group) is 2. The highest BCUT2D eigenvalue weighted by Gasteiger charge is 2.26. The number of nitrogens with zero attached hydrogens (tertiary/aromatic N) is 1. The number of ether oxygens (including phenoxy) is 1. The molecule has 0 heterocycles. The lowest BCUT2D eigenvalue weighted by atomic mass is 10.3. The maximum absolute atomic E-state index is 12.4. The average molecular weight is 301 g/mol. The molecule has 0 saturated carbocycles. The zero-order chi connectivity index (χ0) is 15.3. The molecule has 7 nitrogen and oxygen atoms in total. The van der Waals surface area contributed by atoms with Crippen molar-refractivity contribution in [3.63, 3.8) is 0 Å². The Bertz CT molecular complexity index is 586. The predicted octanol–water partition coefficient (Wildman–Crippen LogP) is 0.0340. The van der Waals surface area contributed by atoms with Gasteiger partial charge in [0.1, 0.15) is 10.6 Å². The van der Waals surface area contributed by atoms with Gasteiger partial charge in [-0.25, -0.2) is 8.42 Å². The zero-order valence-electron chi connectivity index (χ0n) is 11.7. The van der Waals surface area contributed by atoms with Gasteiger partial charge in [-0.1, -0.05) is 0 Å². The number of hydrogen-bond donors (Lipinski definition) is 2.